The minimum absolute atomic E-state index is 0.0546. The number of hydrogen-bond donors (Lipinski definition) is 1. The minimum atomic E-state index is -0.249. The number of morpholine rings is 1. The number of ether oxygens (including phenoxy) is 2. The first-order valence-electron chi connectivity index (χ1n) is 4.93. The van der Waals surface area contributed by atoms with Crippen LogP contribution < -0.4 is 10.1 Å². The van der Waals surface area contributed by atoms with Crippen LogP contribution in [0, 0.1) is 0 Å². The molecule has 0 spiro atoms. The van der Waals surface area contributed by atoms with Crippen LogP contribution in [0.2, 0.25) is 5.02 Å². The van der Waals surface area contributed by atoms with E-state index < -0.39 is 0 Å². The molecule has 1 aliphatic heterocycles. The molecule has 1 N–H and O–H groups in total. The molecule has 2 rings (SSSR count). The van der Waals surface area contributed by atoms with E-state index in [0.29, 0.717) is 17.3 Å². The van der Waals surface area contributed by atoms with Crippen LogP contribution in [0.1, 0.15) is 11.7 Å². The highest BCUT2D eigenvalue weighted by Gasteiger charge is 2.25. The smallest absolute Gasteiger partial charge is 0.246 e. The maximum atomic E-state index is 11.0. The molecular weight excluding hydrogens is 230 g/mol. The first-order valence-corrected chi connectivity index (χ1v) is 5.31. The van der Waals surface area contributed by atoms with E-state index in [1.54, 1.807) is 13.2 Å². The van der Waals surface area contributed by atoms with Crippen molar-refractivity contribution in [2.45, 2.75) is 6.10 Å². The molecule has 1 aromatic rings. The van der Waals surface area contributed by atoms with Gasteiger partial charge in [0.15, 0.2) is 0 Å². The zero-order valence-electron chi connectivity index (χ0n) is 8.83. The van der Waals surface area contributed by atoms with Crippen LogP contribution in [0.25, 0.3) is 0 Å². The van der Waals surface area contributed by atoms with Crippen LogP contribution in [0.4, 0.5) is 0 Å². The maximum absolute atomic E-state index is 11.0. The van der Waals surface area contributed by atoms with Gasteiger partial charge in [-0.3, -0.25) is 4.79 Å². The molecule has 0 bridgehead atoms. The molecular formula is C11H12ClNO3. The van der Waals surface area contributed by atoms with Crippen molar-refractivity contribution in [3.05, 3.63) is 28.8 Å². The fourth-order valence-corrected chi connectivity index (χ4v) is 1.97. The SMILES string of the molecule is COc1cccc(Cl)c1C1CNC(=O)CO1. The van der Waals surface area contributed by atoms with E-state index in [0.717, 1.165) is 5.56 Å². The van der Waals surface area contributed by atoms with E-state index in [-0.39, 0.29) is 18.6 Å². The molecule has 1 unspecified atom stereocenters. The number of amides is 1. The number of hydrogen-bond acceptors (Lipinski definition) is 3. The Labute approximate surface area is 98.5 Å². The highest BCUT2D eigenvalue weighted by molar-refractivity contribution is 6.31. The lowest BCUT2D eigenvalue weighted by Gasteiger charge is -2.25. The van der Waals surface area contributed by atoms with Gasteiger partial charge in [0.2, 0.25) is 5.91 Å². The van der Waals surface area contributed by atoms with Gasteiger partial charge in [-0.2, -0.15) is 0 Å². The summed E-state index contributed by atoms with van der Waals surface area (Å²) in [6.45, 7) is 0.470. The second-order valence-corrected chi connectivity index (χ2v) is 3.87. The lowest BCUT2D eigenvalue weighted by molar-refractivity contribution is -0.133. The molecule has 1 heterocycles. The summed E-state index contributed by atoms with van der Waals surface area (Å²) in [4.78, 5) is 11.0. The Bertz CT molecular complexity index is 398. The molecule has 1 aromatic carbocycles. The summed E-state index contributed by atoms with van der Waals surface area (Å²) in [5.41, 5.74) is 0.784. The molecule has 1 atom stereocenters. The Kier molecular flexibility index (Phi) is 3.31. The summed E-state index contributed by atoms with van der Waals surface area (Å²) >= 11 is 6.11. The van der Waals surface area contributed by atoms with Gasteiger partial charge in [-0.05, 0) is 12.1 Å². The van der Waals surface area contributed by atoms with Gasteiger partial charge in [0.05, 0.1) is 12.1 Å². The van der Waals surface area contributed by atoms with Crippen LogP contribution in [-0.2, 0) is 9.53 Å². The third-order valence-corrected chi connectivity index (χ3v) is 2.78. The Morgan fingerprint density at radius 3 is 3.00 bits per heavy atom. The van der Waals surface area contributed by atoms with Gasteiger partial charge in [0.1, 0.15) is 18.5 Å². The predicted molar refractivity (Wildman–Crippen MR) is 59.7 cm³/mol. The van der Waals surface area contributed by atoms with Crippen LogP contribution in [0.5, 0.6) is 5.75 Å². The van der Waals surface area contributed by atoms with Gasteiger partial charge in [0, 0.05) is 12.1 Å². The minimum Gasteiger partial charge on any atom is -0.496 e. The zero-order valence-corrected chi connectivity index (χ0v) is 9.58. The van der Waals surface area contributed by atoms with Crippen LogP contribution in [0.15, 0.2) is 18.2 Å². The third kappa shape index (κ3) is 2.13. The number of methoxy groups -OCH3 is 1. The van der Waals surface area contributed by atoms with Crippen molar-refractivity contribution in [1.82, 2.24) is 5.32 Å². The summed E-state index contributed by atoms with van der Waals surface area (Å²) in [6.07, 6.45) is -0.249. The molecule has 86 valence electrons. The molecule has 4 nitrogen and oxygen atoms in total. The number of nitrogens with one attached hydrogen (secondary N) is 1. The van der Waals surface area contributed by atoms with Crippen molar-refractivity contribution < 1.29 is 14.3 Å². The summed E-state index contributed by atoms with van der Waals surface area (Å²) in [7, 11) is 1.58. The number of benzene rings is 1. The van der Waals surface area contributed by atoms with Crippen molar-refractivity contribution in [2.24, 2.45) is 0 Å². The highest BCUT2D eigenvalue weighted by Crippen LogP contribution is 2.34. The van der Waals surface area contributed by atoms with E-state index in [9.17, 15) is 4.79 Å². The van der Waals surface area contributed by atoms with Crippen molar-refractivity contribution in [3.8, 4) is 5.75 Å². The normalized spacial score (nSPS) is 20.4. The monoisotopic (exact) mass is 241 g/mol. The van der Waals surface area contributed by atoms with Gasteiger partial charge < -0.3 is 14.8 Å². The summed E-state index contributed by atoms with van der Waals surface area (Å²) in [5, 5.41) is 3.31. The number of carbonyl (C=O) groups is 1. The van der Waals surface area contributed by atoms with Crippen LogP contribution in [-0.4, -0.2) is 26.2 Å². The fraction of sp³-hybridized carbons (Fsp3) is 0.364. The van der Waals surface area contributed by atoms with Gasteiger partial charge in [-0.15, -0.1) is 0 Å². The van der Waals surface area contributed by atoms with E-state index in [4.69, 9.17) is 21.1 Å². The quantitative estimate of drug-likeness (QED) is 0.854. The number of carbonyl (C=O) groups excluding carboxylic acids is 1. The van der Waals surface area contributed by atoms with E-state index in [1.165, 1.54) is 0 Å². The molecule has 1 saturated heterocycles. The molecule has 16 heavy (non-hydrogen) atoms. The Balaban J connectivity index is 2.28. The first kappa shape index (κ1) is 11.2. The molecule has 1 aliphatic rings. The standard InChI is InChI=1S/C11H12ClNO3/c1-15-8-4-2-3-7(12)11(8)9-5-13-10(14)6-16-9/h2-4,9H,5-6H2,1H3,(H,13,14). The first-order chi connectivity index (χ1) is 7.72. The maximum Gasteiger partial charge on any atom is 0.246 e. The topological polar surface area (TPSA) is 47.6 Å². The zero-order chi connectivity index (χ0) is 11.5. The Hall–Kier alpha value is -1.26. The van der Waals surface area contributed by atoms with Gasteiger partial charge in [-0.1, -0.05) is 17.7 Å². The van der Waals surface area contributed by atoms with E-state index in [1.807, 2.05) is 12.1 Å². The Morgan fingerprint density at radius 2 is 2.38 bits per heavy atom. The van der Waals surface area contributed by atoms with Crippen LogP contribution in [0.3, 0.4) is 0 Å². The second-order valence-electron chi connectivity index (χ2n) is 3.46. The van der Waals surface area contributed by atoms with Crippen molar-refractivity contribution in [3.63, 3.8) is 0 Å². The molecule has 0 aromatic heterocycles. The summed E-state index contributed by atoms with van der Waals surface area (Å²) < 4.78 is 10.7. The third-order valence-electron chi connectivity index (χ3n) is 2.46. The van der Waals surface area contributed by atoms with Crippen molar-refractivity contribution in [2.75, 3.05) is 20.3 Å². The number of halogens is 1. The molecule has 1 fully saturated rings. The lowest BCUT2D eigenvalue weighted by atomic mass is 10.1. The molecule has 1 amide bonds. The summed E-state index contributed by atoms with van der Waals surface area (Å²) in [5.74, 6) is 0.566. The average Bonchev–Trinajstić information content (AvgIpc) is 2.30. The van der Waals surface area contributed by atoms with E-state index in [2.05, 4.69) is 5.32 Å². The summed E-state index contributed by atoms with van der Waals surface area (Å²) in [6, 6.07) is 5.41. The lowest BCUT2D eigenvalue weighted by Crippen LogP contribution is -2.38. The molecule has 0 aliphatic carbocycles. The van der Waals surface area contributed by atoms with Crippen molar-refractivity contribution >= 4 is 17.5 Å². The molecule has 0 radical (unpaired) electrons. The largest absolute Gasteiger partial charge is 0.496 e. The van der Waals surface area contributed by atoms with Gasteiger partial charge in [-0.25, -0.2) is 0 Å². The fourth-order valence-electron chi connectivity index (χ4n) is 1.69. The Morgan fingerprint density at radius 1 is 1.56 bits per heavy atom. The highest BCUT2D eigenvalue weighted by atomic mass is 35.5. The van der Waals surface area contributed by atoms with Crippen molar-refractivity contribution in [1.29, 1.82) is 0 Å². The van der Waals surface area contributed by atoms with E-state index >= 15 is 0 Å². The number of rotatable bonds is 2. The average molecular weight is 242 g/mol. The molecule has 5 heteroatoms. The van der Waals surface area contributed by atoms with Gasteiger partial charge >= 0.3 is 0 Å². The predicted octanol–water partition coefficient (Wildman–Crippen LogP) is 1.54. The molecule has 0 saturated carbocycles. The van der Waals surface area contributed by atoms with Gasteiger partial charge in [0.25, 0.3) is 0 Å². The second kappa shape index (κ2) is 4.72. The van der Waals surface area contributed by atoms with Crippen LogP contribution >= 0.6 is 11.6 Å².